The SMILES string of the molecule is Cc1cc(C)c(-c2nn(-c3cccc(Br)c3Cl)c3ccccc23)c(C)c1. The third-order valence-corrected chi connectivity index (χ3v) is 5.95. The van der Waals surface area contributed by atoms with Crippen molar-refractivity contribution in [2.24, 2.45) is 0 Å². The van der Waals surface area contributed by atoms with E-state index in [0.717, 1.165) is 26.8 Å². The number of fused-ring (bicyclic) bond motifs is 1. The Balaban J connectivity index is 2.07. The molecule has 4 rings (SSSR count). The minimum atomic E-state index is 0.657. The molecular formula is C22H18BrClN2. The van der Waals surface area contributed by atoms with Gasteiger partial charge in [0.1, 0.15) is 5.69 Å². The highest BCUT2D eigenvalue weighted by Gasteiger charge is 2.18. The van der Waals surface area contributed by atoms with E-state index >= 15 is 0 Å². The molecule has 0 amide bonds. The lowest BCUT2D eigenvalue weighted by atomic mass is 9.96. The quantitative estimate of drug-likeness (QED) is 0.337. The van der Waals surface area contributed by atoms with Crippen molar-refractivity contribution < 1.29 is 0 Å². The zero-order chi connectivity index (χ0) is 18.4. The summed E-state index contributed by atoms with van der Waals surface area (Å²) in [7, 11) is 0. The molecule has 3 aromatic carbocycles. The fourth-order valence-corrected chi connectivity index (χ4v) is 4.21. The summed E-state index contributed by atoms with van der Waals surface area (Å²) in [6, 6.07) is 18.6. The normalized spacial score (nSPS) is 11.3. The van der Waals surface area contributed by atoms with Gasteiger partial charge in [-0.15, -0.1) is 0 Å². The van der Waals surface area contributed by atoms with Crippen molar-refractivity contribution >= 4 is 38.4 Å². The lowest BCUT2D eigenvalue weighted by Gasteiger charge is -2.10. The summed E-state index contributed by atoms with van der Waals surface area (Å²) in [5, 5.41) is 6.78. The van der Waals surface area contributed by atoms with Crippen molar-refractivity contribution in [3.63, 3.8) is 0 Å². The second-order valence-corrected chi connectivity index (χ2v) is 7.86. The molecule has 4 aromatic rings. The Morgan fingerprint density at radius 2 is 1.62 bits per heavy atom. The van der Waals surface area contributed by atoms with Gasteiger partial charge in [-0.05, 0) is 66.0 Å². The van der Waals surface area contributed by atoms with E-state index in [9.17, 15) is 0 Å². The fourth-order valence-electron chi connectivity index (χ4n) is 3.64. The first-order valence-corrected chi connectivity index (χ1v) is 9.65. The average Bonchev–Trinajstić information content (AvgIpc) is 2.96. The Hall–Kier alpha value is -2.10. The molecule has 0 saturated carbocycles. The molecule has 0 aliphatic carbocycles. The van der Waals surface area contributed by atoms with Crippen LogP contribution in [0.3, 0.4) is 0 Å². The smallest absolute Gasteiger partial charge is 0.101 e. The first kappa shape index (κ1) is 17.3. The Kier molecular flexibility index (Phi) is 4.37. The summed E-state index contributed by atoms with van der Waals surface area (Å²) in [4.78, 5) is 0. The molecule has 0 bridgehead atoms. The standard InChI is InChI=1S/C22H18BrClN2/c1-13-11-14(2)20(15(3)12-13)22-16-7-4-5-9-18(16)26(25-22)19-10-6-8-17(23)21(19)24/h4-12H,1-3H3. The Labute approximate surface area is 166 Å². The van der Waals surface area contributed by atoms with Gasteiger partial charge < -0.3 is 0 Å². The number of halogens is 2. The van der Waals surface area contributed by atoms with E-state index in [2.05, 4.69) is 67.0 Å². The molecule has 0 aliphatic heterocycles. The van der Waals surface area contributed by atoms with Gasteiger partial charge in [0.15, 0.2) is 0 Å². The van der Waals surface area contributed by atoms with Crippen LogP contribution in [-0.2, 0) is 0 Å². The highest BCUT2D eigenvalue weighted by molar-refractivity contribution is 9.10. The minimum Gasteiger partial charge on any atom is -0.231 e. The molecular weight excluding hydrogens is 408 g/mol. The first-order chi connectivity index (χ1) is 12.5. The van der Waals surface area contributed by atoms with Crippen LogP contribution in [0.2, 0.25) is 5.02 Å². The van der Waals surface area contributed by atoms with Gasteiger partial charge in [-0.2, -0.15) is 5.10 Å². The van der Waals surface area contributed by atoms with Gasteiger partial charge in [-0.25, -0.2) is 4.68 Å². The molecule has 26 heavy (non-hydrogen) atoms. The van der Waals surface area contributed by atoms with Crippen LogP contribution in [0.25, 0.3) is 27.8 Å². The van der Waals surface area contributed by atoms with Gasteiger partial charge in [-0.3, -0.25) is 0 Å². The topological polar surface area (TPSA) is 17.8 Å². The van der Waals surface area contributed by atoms with E-state index in [4.69, 9.17) is 16.7 Å². The average molecular weight is 426 g/mol. The molecule has 0 unspecified atom stereocenters. The highest BCUT2D eigenvalue weighted by atomic mass is 79.9. The number of benzene rings is 3. The van der Waals surface area contributed by atoms with Crippen LogP contribution in [0.1, 0.15) is 16.7 Å². The Bertz CT molecular complexity index is 1120. The third-order valence-electron chi connectivity index (χ3n) is 4.66. The van der Waals surface area contributed by atoms with Crippen LogP contribution < -0.4 is 0 Å². The van der Waals surface area contributed by atoms with Gasteiger partial charge in [0.25, 0.3) is 0 Å². The Morgan fingerprint density at radius 3 is 2.35 bits per heavy atom. The summed E-state index contributed by atoms with van der Waals surface area (Å²) in [5.74, 6) is 0. The van der Waals surface area contributed by atoms with Crippen molar-refractivity contribution in [1.29, 1.82) is 0 Å². The van der Waals surface area contributed by atoms with Crippen molar-refractivity contribution in [3.05, 3.63) is 80.8 Å². The molecule has 2 nitrogen and oxygen atoms in total. The summed E-state index contributed by atoms with van der Waals surface area (Å²) < 4.78 is 2.80. The molecule has 0 spiro atoms. The predicted molar refractivity (Wildman–Crippen MR) is 113 cm³/mol. The zero-order valence-electron chi connectivity index (χ0n) is 14.8. The fraction of sp³-hybridized carbons (Fsp3) is 0.136. The van der Waals surface area contributed by atoms with E-state index < -0.39 is 0 Å². The molecule has 1 heterocycles. The maximum absolute atomic E-state index is 6.56. The molecule has 1 aromatic heterocycles. The number of rotatable bonds is 2. The molecule has 0 aliphatic rings. The van der Waals surface area contributed by atoms with Crippen molar-refractivity contribution in [2.75, 3.05) is 0 Å². The van der Waals surface area contributed by atoms with Gasteiger partial charge in [0.2, 0.25) is 0 Å². The number of hydrogen-bond acceptors (Lipinski definition) is 1. The largest absolute Gasteiger partial charge is 0.231 e. The van der Waals surface area contributed by atoms with E-state index in [-0.39, 0.29) is 0 Å². The summed E-state index contributed by atoms with van der Waals surface area (Å²) in [6.07, 6.45) is 0. The van der Waals surface area contributed by atoms with Gasteiger partial charge in [0.05, 0.1) is 16.2 Å². The molecule has 0 fully saturated rings. The number of aryl methyl sites for hydroxylation is 3. The molecule has 0 atom stereocenters. The van der Waals surface area contributed by atoms with Gasteiger partial charge in [-0.1, -0.05) is 53.6 Å². The van der Waals surface area contributed by atoms with Crippen LogP contribution in [0.5, 0.6) is 0 Å². The van der Waals surface area contributed by atoms with E-state index in [0.29, 0.717) is 5.02 Å². The van der Waals surface area contributed by atoms with Crippen LogP contribution in [-0.4, -0.2) is 9.78 Å². The number of para-hydroxylation sites is 1. The van der Waals surface area contributed by atoms with E-state index in [1.54, 1.807) is 0 Å². The third kappa shape index (κ3) is 2.76. The van der Waals surface area contributed by atoms with Gasteiger partial charge >= 0.3 is 0 Å². The zero-order valence-corrected chi connectivity index (χ0v) is 17.2. The van der Waals surface area contributed by atoms with Crippen LogP contribution in [0.15, 0.2) is 59.1 Å². The molecule has 0 radical (unpaired) electrons. The molecule has 0 saturated heterocycles. The summed E-state index contributed by atoms with van der Waals surface area (Å²) in [6.45, 7) is 6.42. The molecule has 130 valence electrons. The van der Waals surface area contributed by atoms with Crippen molar-refractivity contribution in [3.8, 4) is 16.9 Å². The first-order valence-electron chi connectivity index (χ1n) is 8.47. The van der Waals surface area contributed by atoms with Gasteiger partial charge in [0, 0.05) is 15.4 Å². The monoisotopic (exact) mass is 424 g/mol. The maximum atomic E-state index is 6.56. The van der Waals surface area contributed by atoms with E-state index in [1.807, 2.05) is 28.9 Å². The lowest BCUT2D eigenvalue weighted by molar-refractivity contribution is 0.913. The molecule has 4 heteroatoms. The number of nitrogens with zero attached hydrogens (tertiary/aromatic N) is 2. The highest BCUT2D eigenvalue weighted by Crippen LogP contribution is 2.36. The minimum absolute atomic E-state index is 0.657. The van der Waals surface area contributed by atoms with Crippen LogP contribution in [0.4, 0.5) is 0 Å². The van der Waals surface area contributed by atoms with Crippen molar-refractivity contribution in [1.82, 2.24) is 9.78 Å². The summed E-state index contributed by atoms with van der Waals surface area (Å²) >= 11 is 10.1. The molecule has 0 N–H and O–H groups in total. The van der Waals surface area contributed by atoms with Crippen LogP contribution in [0, 0.1) is 20.8 Å². The van der Waals surface area contributed by atoms with Crippen LogP contribution >= 0.6 is 27.5 Å². The maximum Gasteiger partial charge on any atom is 0.101 e. The number of aromatic nitrogens is 2. The summed E-state index contributed by atoms with van der Waals surface area (Å²) in [5.41, 5.74) is 7.83. The second kappa shape index (κ2) is 6.57. The Morgan fingerprint density at radius 1 is 0.923 bits per heavy atom. The predicted octanol–water partition coefficient (Wildman–Crippen LogP) is 7.03. The second-order valence-electron chi connectivity index (χ2n) is 6.62. The number of hydrogen-bond donors (Lipinski definition) is 0. The van der Waals surface area contributed by atoms with Crippen molar-refractivity contribution in [2.45, 2.75) is 20.8 Å². The van der Waals surface area contributed by atoms with E-state index in [1.165, 1.54) is 22.3 Å². The lowest BCUT2D eigenvalue weighted by Crippen LogP contribution is -1.98.